The number of carbonyl (C=O) groups excluding carboxylic acids is 1. The van der Waals surface area contributed by atoms with Crippen molar-refractivity contribution in [1.82, 2.24) is 4.98 Å². The maximum atomic E-state index is 11.9. The van der Waals surface area contributed by atoms with Gasteiger partial charge in [-0.15, -0.1) is 0 Å². The van der Waals surface area contributed by atoms with Gasteiger partial charge < -0.3 is 5.32 Å². The first-order valence-electron chi connectivity index (χ1n) is 4.95. The highest BCUT2D eigenvalue weighted by atomic mass is 35.5. The number of aromatic nitrogens is 1. The van der Waals surface area contributed by atoms with E-state index in [-0.39, 0.29) is 5.91 Å². The zero-order chi connectivity index (χ0) is 13.1. The van der Waals surface area contributed by atoms with Crippen LogP contribution in [-0.2, 0) is 0 Å². The number of hydrogen-bond donors (Lipinski definition) is 1. The lowest BCUT2D eigenvalue weighted by Crippen LogP contribution is -2.12. The normalized spacial score (nSPS) is 10.2. The maximum absolute atomic E-state index is 11.9. The molecular weight excluding hydrogens is 295 g/mol. The Kier molecular flexibility index (Phi) is 4.07. The van der Waals surface area contributed by atoms with Crippen LogP contribution < -0.4 is 5.32 Å². The lowest BCUT2D eigenvalue weighted by Gasteiger charge is -2.05. The van der Waals surface area contributed by atoms with Crippen molar-refractivity contribution in [3.8, 4) is 0 Å². The molecule has 0 saturated heterocycles. The molecule has 0 radical (unpaired) electrons. The van der Waals surface area contributed by atoms with Crippen LogP contribution >= 0.6 is 34.8 Å². The van der Waals surface area contributed by atoms with Gasteiger partial charge in [-0.3, -0.25) is 4.79 Å². The second-order valence-corrected chi connectivity index (χ2v) is 4.63. The van der Waals surface area contributed by atoms with Gasteiger partial charge in [0.1, 0.15) is 11.0 Å². The van der Waals surface area contributed by atoms with Gasteiger partial charge in [0.2, 0.25) is 0 Å². The summed E-state index contributed by atoms with van der Waals surface area (Å²) in [5.41, 5.74) is 0.395. The molecule has 2 aromatic rings. The summed E-state index contributed by atoms with van der Waals surface area (Å²) in [4.78, 5) is 15.8. The molecule has 3 nitrogen and oxygen atoms in total. The topological polar surface area (TPSA) is 42.0 Å². The highest BCUT2D eigenvalue weighted by Crippen LogP contribution is 2.23. The lowest BCUT2D eigenvalue weighted by molar-refractivity contribution is 0.102. The van der Waals surface area contributed by atoms with Gasteiger partial charge in [0.15, 0.2) is 0 Å². The molecule has 1 N–H and O–H groups in total. The molecule has 1 aromatic carbocycles. The minimum Gasteiger partial charge on any atom is -0.307 e. The van der Waals surface area contributed by atoms with Crippen molar-refractivity contribution in [2.45, 2.75) is 0 Å². The quantitative estimate of drug-likeness (QED) is 0.841. The Hall–Kier alpha value is -1.29. The Balaban J connectivity index is 2.19. The maximum Gasteiger partial charge on any atom is 0.256 e. The molecule has 0 spiro atoms. The summed E-state index contributed by atoms with van der Waals surface area (Å²) in [7, 11) is 0. The van der Waals surface area contributed by atoms with Crippen LogP contribution in [0.5, 0.6) is 0 Å². The van der Waals surface area contributed by atoms with E-state index in [4.69, 9.17) is 34.8 Å². The number of pyridine rings is 1. The van der Waals surface area contributed by atoms with E-state index in [1.54, 1.807) is 30.3 Å². The molecule has 0 aliphatic heterocycles. The van der Waals surface area contributed by atoms with E-state index in [2.05, 4.69) is 10.3 Å². The van der Waals surface area contributed by atoms with Gasteiger partial charge in [0.05, 0.1) is 10.0 Å². The third-order valence-corrected chi connectivity index (χ3v) is 3.09. The molecule has 1 aromatic heterocycles. The summed E-state index contributed by atoms with van der Waals surface area (Å²) >= 11 is 17.3. The fraction of sp³-hybridized carbons (Fsp3) is 0. The predicted molar refractivity (Wildman–Crippen MR) is 73.7 cm³/mol. The van der Waals surface area contributed by atoms with Crippen LogP contribution in [0.25, 0.3) is 0 Å². The molecule has 0 bridgehead atoms. The Morgan fingerprint density at radius 1 is 1.06 bits per heavy atom. The van der Waals surface area contributed by atoms with Gasteiger partial charge in [0, 0.05) is 5.56 Å². The summed E-state index contributed by atoms with van der Waals surface area (Å²) in [6.45, 7) is 0. The number of carbonyl (C=O) groups is 1. The number of anilines is 1. The van der Waals surface area contributed by atoms with Crippen LogP contribution in [0.2, 0.25) is 15.2 Å². The number of benzene rings is 1. The van der Waals surface area contributed by atoms with E-state index >= 15 is 0 Å². The van der Waals surface area contributed by atoms with Crippen LogP contribution in [0.4, 0.5) is 5.82 Å². The third-order valence-electron chi connectivity index (χ3n) is 2.14. The predicted octanol–water partition coefficient (Wildman–Crippen LogP) is 4.29. The molecule has 1 heterocycles. The van der Waals surface area contributed by atoms with Crippen LogP contribution in [0.15, 0.2) is 36.4 Å². The largest absolute Gasteiger partial charge is 0.307 e. The van der Waals surface area contributed by atoms with E-state index in [0.717, 1.165) is 0 Å². The number of amides is 1. The van der Waals surface area contributed by atoms with Crippen molar-refractivity contribution in [2.24, 2.45) is 0 Å². The first kappa shape index (κ1) is 13.1. The van der Waals surface area contributed by atoms with E-state index in [1.165, 1.54) is 6.07 Å². The second-order valence-electron chi connectivity index (χ2n) is 3.43. The molecular formula is C12H7Cl3N2O. The molecule has 6 heteroatoms. The fourth-order valence-corrected chi connectivity index (χ4v) is 1.77. The number of nitrogens with zero attached hydrogens (tertiary/aromatic N) is 1. The van der Waals surface area contributed by atoms with Crippen molar-refractivity contribution in [2.75, 3.05) is 5.32 Å². The summed E-state index contributed by atoms with van der Waals surface area (Å²) in [5.74, 6) is 0.0434. The average Bonchev–Trinajstić information content (AvgIpc) is 2.32. The highest BCUT2D eigenvalue weighted by Gasteiger charge is 2.09. The van der Waals surface area contributed by atoms with Gasteiger partial charge in [0.25, 0.3) is 5.91 Å². The monoisotopic (exact) mass is 300 g/mol. The molecule has 0 aliphatic rings. The number of halogens is 3. The van der Waals surface area contributed by atoms with Crippen LogP contribution in [0.3, 0.4) is 0 Å². The van der Waals surface area contributed by atoms with Crippen molar-refractivity contribution in [3.63, 3.8) is 0 Å². The van der Waals surface area contributed by atoms with E-state index < -0.39 is 0 Å². The van der Waals surface area contributed by atoms with Crippen molar-refractivity contribution < 1.29 is 4.79 Å². The van der Waals surface area contributed by atoms with Crippen LogP contribution in [0, 0.1) is 0 Å². The summed E-state index contributed by atoms with van der Waals surface area (Å²) in [6, 6.07) is 9.58. The number of nitrogens with one attached hydrogen (secondary N) is 1. The smallest absolute Gasteiger partial charge is 0.256 e. The first-order valence-corrected chi connectivity index (χ1v) is 6.08. The molecule has 0 saturated carbocycles. The molecule has 0 aliphatic carbocycles. The van der Waals surface area contributed by atoms with Crippen molar-refractivity contribution >= 4 is 46.5 Å². The van der Waals surface area contributed by atoms with Crippen molar-refractivity contribution in [1.29, 1.82) is 0 Å². The molecule has 0 atom stereocenters. The standard InChI is InChI=1S/C12H7Cl3N2O/c13-8-5-4-7(6-9(8)14)12(18)17-11-3-1-2-10(15)16-11/h1-6H,(H,16,17,18). The minimum atomic E-state index is -0.330. The van der Waals surface area contributed by atoms with Gasteiger partial charge in [-0.2, -0.15) is 0 Å². The summed E-state index contributed by atoms with van der Waals surface area (Å²) in [6.07, 6.45) is 0. The zero-order valence-corrected chi connectivity index (χ0v) is 11.2. The zero-order valence-electron chi connectivity index (χ0n) is 8.95. The Labute approximate surface area is 119 Å². The van der Waals surface area contributed by atoms with Gasteiger partial charge in [-0.1, -0.05) is 40.9 Å². The minimum absolute atomic E-state index is 0.307. The third kappa shape index (κ3) is 3.13. The van der Waals surface area contributed by atoms with Crippen LogP contribution in [-0.4, -0.2) is 10.9 Å². The SMILES string of the molecule is O=C(Nc1cccc(Cl)n1)c1ccc(Cl)c(Cl)c1. The van der Waals surface area contributed by atoms with E-state index in [0.29, 0.717) is 26.6 Å². The highest BCUT2D eigenvalue weighted by molar-refractivity contribution is 6.42. The number of hydrogen-bond acceptors (Lipinski definition) is 2. The first-order chi connectivity index (χ1) is 8.56. The van der Waals surface area contributed by atoms with Gasteiger partial charge in [-0.25, -0.2) is 4.98 Å². The molecule has 92 valence electrons. The molecule has 0 unspecified atom stereocenters. The Morgan fingerprint density at radius 2 is 1.83 bits per heavy atom. The van der Waals surface area contributed by atoms with E-state index in [1.807, 2.05) is 0 Å². The summed E-state index contributed by atoms with van der Waals surface area (Å²) in [5, 5.41) is 3.64. The molecule has 0 fully saturated rings. The molecule has 1 amide bonds. The van der Waals surface area contributed by atoms with Crippen molar-refractivity contribution in [3.05, 3.63) is 57.2 Å². The Morgan fingerprint density at radius 3 is 2.50 bits per heavy atom. The number of rotatable bonds is 2. The summed E-state index contributed by atoms with van der Waals surface area (Å²) < 4.78 is 0. The second kappa shape index (κ2) is 5.57. The average molecular weight is 302 g/mol. The van der Waals surface area contributed by atoms with Gasteiger partial charge in [-0.05, 0) is 30.3 Å². The molecule has 18 heavy (non-hydrogen) atoms. The fourth-order valence-electron chi connectivity index (χ4n) is 1.30. The Bertz CT molecular complexity index is 602. The van der Waals surface area contributed by atoms with Crippen LogP contribution in [0.1, 0.15) is 10.4 Å². The van der Waals surface area contributed by atoms with Gasteiger partial charge >= 0.3 is 0 Å². The lowest BCUT2D eigenvalue weighted by atomic mass is 10.2. The molecule has 2 rings (SSSR count). The van der Waals surface area contributed by atoms with E-state index in [9.17, 15) is 4.79 Å².